The molecule has 23 heavy (non-hydrogen) atoms. The van der Waals surface area contributed by atoms with Crippen molar-refractivity contribution in [3.63, 3.8) is 0 Å². The highest BCUT2D eigenvalue weighted by Gasteiger charge is 2.10. The molecule has 0 saturated carbocycles. The molecule has 1 aromatic heterocycles. The normalized spacial score (nSPS) is 11.1. The van der Waals surface area contributed by atoms with Gasteiger partial charge in [0.15, 0.2) is 11.5 Å². The third kappa shape index (κ3) is 2.80. The maximum absolute atomic E-state index is 12.0. The van der Waals surface area contributed by atoms with Crippen LogP contribution in [-0.4, -0.2) is 32.4 Å². The molecule has 0 aliphatic rings. The molecule has 0 fully saturated rings. The third-order valence-electron chi connectivity index (χ3n) is 3.31. The van der Waals surface area contributed by atoms with E-state index in [1.807, 2.05) is 24.3 Å². The van der Waals surface area contributed by atoms with E-state index in [9.17, 15) is 20.1 Å². The van der Waals surface area contributed by atoms with Gasteiger partial charge in [-0.2, -0.15) is 5.10 Å². The summed E-state index contributed by atoms with van der Waals surface area (Å²) >= 11 is 0. The van der Waals surface area contributed by atoms with Crippen molar-refractivity contribution in [2.75, 3.05) is 0 Å². The molecule has 3 aromatic rings. The Morgan fingerprint density at radius 2 is 1.87 bits per heavy atom. The second-order valence-corrected chi connectivity index (χ2v) is 4.84. The second kappa shape index (κ2) is 5.72. The lowest BCUT2D eigenvalue weighted by Crippen LogP contribution is -2.17. The van der Waals surface area contributed by atoms with Crippen molar-refractivity contribution in [2.45, 2.75) is 0 Å². The molecule has 1 heterocycles. The molecule has 0 radical (unpaired) electrons. The first-order chi connectivity index (χ1) is 11.1. The molecule has 0 spiro atoms. The van der Waals surface area contributed by atoms with Crippen LogP contribution < -0.4 is 5.43 Å². The third-order valence-corrected chi connectivity index (χ3v) is 3.31. The maximum atomic E-state index is 12.0. The van der Waals surface area contributed by atoms with Gasteiger partial charge in [-0.3, -0.25) is 4.79 Å². The molecule has 5 N–H and O–H groups in total. The van der Waals surface area contributed by atoms with Gasteiger partial charge in [0.1, 0.15) is 5.69 Å². The van der Waals surface area contributed by atoms with E-state index >= 15 is 0 Å². The Hall–Kier alpha value is -3.48. The summed E-state index contributed by atoms with van der Waals surface area (Å²) in [4.78, 5) is 15.0. The summed E-state index contributed by atoms with van der Waals surface area (Å²) in [6, 6.07) is 11.7. The van der Waals surface area contributed by atoms with E-state index in [1.165, 1.54) is 12.1 Å². The Bertz CT molecular complexity index is 882. The van der Waals surface area contributed by atoms with E-state index in [0.717, 1.165) is 17.1 Å². The summed E-state index contributed by atoms with van der Waals surface area (Å²) < 4.78 is 0. The van der Waals surface area contributed by atoms with Crippen LogP contribution in [0.2, 0.25) is 0 Å². The molecule has 0 aliphatic heterocycles. The summed E-state index contributed by atoms with van der Waals surface area (Å²) in [5.74, 6) is -2.05. The van der Waals surface area contributed by atoms with Crippen LogP contribution in [-0.2, 0) is 0 Å². The number of aromatic nitrogens is 1. The van der Waals surface area contributed by atoms with Gasteiger partial charge in [-0.25, -0.2) is 5.43 Å². The Kier molecular flexibility index (Phi) is 3.60. The minimum Gasteiger partial charge on any atom is -0.504 e. The van der Waals surface area contributed by atoms with Gasteiger partial charge < -0.3 is 20.3 Å². The molecule has 3 rings (SSSR count). The lowest BCUT2D eigenvalue weighted by molar-refractivity contribution is 0.0951. The average molecular weight is 311 g/mol. The first-order valence-electron chi connectivity index (χ1n) is 6.71. The quantitative estimate of drug-likeness (QED) is 0.289. The number of phenols is 3. The molecule has 0 saturated heterocycles. The number of aromatic hydroxyl groups is 3. The molecular formula is C16H13N3O4. The number of carbonyl (C=O) groups is 1. The molecule has 2 aromatic carbocycles. The number of hydrogen-bond donors (Lipinski definition) is 5. The van der Waals surface area contributed by atoms with E-state index in [2.05, 4.69) is 15.5 Å². The number of hydrazone groups is 1. The fourth-order valence-electron chi connectivity index (χ4n) is 2.11. The lowest BCUT2D eigenvalue weighted by Gasteiger charge is -2.03. The van der Waals surface area contributed by atoms with Crippen LogP contribution in [0.1, 0.15) is 16.1 Å². The Morgan fingerprint density at radius 3 is 2.65 bits per heavy atom. The van der Waals surface area contributed by atoms with Crippen molar-refractivity contribution in [3.8, 4) is 17.2 Å². The van der Waals surface area contributed by atoms with Crippen molar-refractivity contribution >= 4 is 23.0 Å². The van der Waals surface area contributed by atoms with Gasteiger partial charge in [0.05, 0.1) is 6.21 Å². The van der Waals surface area contributed by atoms with E-state index < -0.39 is 23.2 Å². The van der Waals surface area contributed by atoms with Crippen LogP contribution in [0.4, 0.5) is 0 Å². The predicted molar refractivity (Wildman–Crippen MR) is 84.8 cm³/mol. The zero-order valence-electron chi connectivity index (χ0n) is 11.8. The first kappa shape index (κ1) is 14.5. The fraction of sp³-hybridized carbons (Fsp3) is 0. The smallest absolute Gasteiger partial charge is 0.287 e. The van der Waals surface area contributed by atoms with Crippen molar-refractivity contribution in [1.29, 1.82) is 0 Å². The molecule has 1 amide bonds. The number of nitrogens with one attached hydrogen (secondary N) is 2. The number of nitrogens with zero attached hydrogens (tertiary/aromatic N) is 1. The Morgan fingerprint density at radius 1 is 1.09 bits per heavy atom. The average Bonchev–Trinajstić information content (AvgIpc) is 2.99. The molecule has 0 atom stereocenters. The second-order valence-electron chi connectivity index (χ2n) is 4.84. The van der Waals surface area contributed by atoms with Gasteiger partial charge in [-0.1, -0.05) is 18.2 Å². The topological polar surface area (TPSA) is 118 Å². The van der Waals surface area contributed by atoms with E-state index in [1.54, 1.807) is 6.07 Å². The number of carbonyl (C=O) groups excluding carboxylic acids is 1. The van der Waals surface area contributed by atoms with Crippen LogP contribution in [0.5, 0.6) is 17.2 Å². The molecule has 0 aliphatic carbocycles. The Labute approximate surface area is 130 Å². The minimum absolute atomic E-state index is 0.150. The molecule has 116 valence electrons. The number of amides is 1. The van der Waals surface area contributed by atoms with Gasteiger partial charge in [-0.15, -0.1) is 0 Å². The van der Waals surface area contributed by atoms with Gasteiger partial charge in [0, 0.05) is 16.5 Å². The van der Waals surface area contributed by atoms with E-state index in [-0.39, 0.29) is 5.56 Å². The van der Waals surface area contributed by atoms with Gasteiger partial charge in [0.2, 0.25) is 5.75 Å². The molecule has 0 unspecified atom stereocenters. The fourth-order valence-corrected chi connectivity index (χ4v) is 2.11. The number of benzene rings is 2. The number of aromatic amines is 1. The van der Waals surface area contributed by atoms with E-state index in [4.69, 9.17) is 0 Å². The molecular weight excluding hydrogens is 298 g/mol. The monoisotopic (exact) mass is 311 g/mol. The zero-order chi connectivity index (χ0) is 16.4. The summed E-state index contributed by atoms with van der Waals surface area (Å²) in [5, 5.41) is 32.9. The highest BCUT2D eigenvalue weighted by molar-refractivity contribution is 5.98. The SMILES string of the molecule is O=C(N/N=C/c1ccc(O)c(O)c1O)c1cc2ccccc2[nH]1. The zero-order valence-corrected chi connectivity index (χ0v) is 11.8. The Balaban J connectivity index is 1.75. The van der Waals surface area contributed by atoms with Crippen molar-refractivity contribution in [1.82, 2.24) is 10.4 Å². The van der Waals surface area contributed by atoms with Crippen LogP contribution in [0, 0.1) is 0 Å². The van der Waals surface area contributed by atoms with Crippen molar-refractivity contribution in [3.05, 3.63) is 53.7 Å². The highest BCUT2D eigenvalue weighted by Crippen LogP contribution is 2.36. The summed E-state index contributed by atoms with van der Waals surface area (Å²) in [6.07, 6.45) is 1.16. The van der Waals surface area contributed by atoms with Crippen molar-refractivity contribution < 1.29 is 20.1 Å². The van der Waals surface area contributed by atoms with Crippen LogP contribution in [0.3, 0.4) is 0 Å². The predicted octanol–water partition coefficient (Wildman–Crippen LogP) is 2.05. The number of para-hydroxylation sites is 1. The number of rotatable bonds is 3. The summed E-state index contributed by atoms with van der Waals surface area (Å²) in [7, 11) is 0. The van der Waals surface area contributed by atoms with Gasteiger partial charge in [-0.05, 0) is 24.3 Å². The minimum atomic E-state index is -0.643. The number of hydrogen-bond acceptors (Lipinski definition) is 5. The molecule has 0 bridgehead atoms. The van der Waals surface area contributed by atoms with Crippen LogP contribution >= 0.6 is 0 Å². The number of H-pyrrole nitrogens is 1. The summed E-state index contributed by atoms with van der Waals surface area (Å²) in [6.45, 7) is 0. The summed E-state index contributed by atoms with van der Waals surface area (Å²) in [5.41, 5.74) is 3.65. The lowest BCUT2D eigenvalue weighted by atomic mass is 10.2. The van der Waals surface area contributed by atoms with Gasteiger partial charge >= 0.3 is 0 Å². The largest absolute Gasteiger partial charge is 0.504 e. The number of fused-ring (bicyclic) bond motifs is 1. The van der Waals surface area contributed by atoms with Gasteiger partial charge in [0.25, 0.3) is 5.91 Å². The molecule has 7 heteroatoms. The van der Waals surface area contributed by atoms with Crippen LogP contribution in [0.25, 0.3) is 10.9 Å². The van der Waals surface area contributed by atoms with E-state index in [0.29, 0.717) is 5.69 Å². The number of phenolic OH excluding ortho intramolecular Hbond substituents is 3. The maximum Gasteiger partial charge on any atom is 0.287 e. The first-order valence-corrected chi connectivity index (χ1v) is 6.71. The molecule has 7 nitrogen and oxygen atoms in total. The standard InChI is InChI=1S/C16H13N3O4/c20-13-6-5-10(14(21)15(13)22)8-17-19-16(23)12-7-9-3-1-2-4-11(9)18-12/h1-8,18,20-22H,(H,19,23)/b17-8+. The van der Waals surface area contributed by atoms with Crippen molar-refractivity contribution in [2.24, 2.45) is 5.10 Å². The van der Waals surface area contributed by atoms with Crippen LogP contribution in [0.15, 0.2) is 47.6 Å². The highest BCUT2D eigenvalue weighted by atomic mass is 16.3.